The fourth-order valence-electron chi connectivity index (χ4n) is 2.83. The number of nitrogens with one attached hydrogen (secondary N) is 2. The molecule has 0 spiro atoms. The van der Waals surface area contributed by atoms with Crippen LogP contribution in [-0.4, -0.2) is 57.2 Å². The van der Waals surface area contributed by atoms with Crippen molar-refractivity contribution in [1.82, 2.24) is 24.4 Å². The van der Waals surface area contributed by atoms with Gasteiger partial charge in [0.2, 0.25) is 5.95 Å². The minimum atomic E-state index is -2.42. The number of H-pyrrole nitrogens is 1. The van der Waals surface area contributed by atoms with Crippen LogP contribution in [0.15, 0.2) is 29.3 Å². The van der Waals surface area contributed by atoms with Crippen molar-refractivity contribution in [1.29, 1.82) is 0 Å². The number of imidazole rings is 1. The number of hydrogen-bond donors (Lipinski definition) is 2. The first-order valence-corrected chi connectivity index (χ1v) is 9.36. The van der Waals surface area contributed by atoms with Crippen LogP contribution in [0.3, 0.4) is 0 Å². The zero-order valence-corrected chi connectivity index (χ0v) is 16.2. The van der Waals surface area contributed by atoms with Crippen molar-refractivity contribution < 1.29 is 10.2 Å². The first kappa shape index (κ1) is 14.8. The number of aromatic nitrogens is 4. The highest BCUT2D eigenvalue weighted by molar-refractivity contribution is 6.42. The minimum absolute atomic E-state index is 0.0766. The lowest BCUT2D eigenvalue weighted by atomic mass is 10.2. The summed E-state index contributed by atoms with van der Waals surface area (Å²) in [5, 5.41) is 3.91. The molecule has 0 unspecified atom stereocenters. The van der Waals surface area contributed by atoms with Gasteiger partial charge in [0.1, 0.15) is 0 Å². The predicted octanol–water partition coefficient (Wildman–Crippen LogP) is 2.37. The maximum Gasteiger partial charge on any atom is 0.278 e. The molecule has 1 aliphatic heterocycles. The standard InChI is InChI=1S/C18H20Cl2N6O2/c19-13-2-1-12(9-14(13)20)10-21-18-23-16-15(17(27)24-18)26(11-22-16)4-3-25-5-7-28-8-6-25/h1-2,9,11H,3-8,10H2,(H2,21,23,24,27)/i5D2,7D2. The maximum atomic E-state index is 12.7. The average Bonchev–Trinajstić information content (AvgIpc) is 3.13. The molecule has 148 valence electrons. The first-order valence-electron chi connectivity index (χ1n) is 10.6. The minimum Gasteiger partial charge on any atom is -0.379 e. The number of hydrogen-bond acceptors (Lipinski definition) is 6. The van der Waals surface area contributed by atoms with Crippen LogP contribution in [0.1, 0.15) is 11.0 Å². The predicted molar refractivity (Wildman–Crippen MR) is 109 cm³/mol. The average molecular weight is 427 g/mol. The van der Waals surface area contributed by atoms with Gasteiger partial charge in [-0.25, -0.2) is 4.98 Å². The number of ether oxygens (including phenoxy) is 1. The van der Waals surface area contributed by atoms with E-state index in [0.717, 1.165) is 5.56 Å². The molecule has 2 N–H and O–H groups in total. The van der Waals surface area contributed by atoms with Crippen LogP contribution in [-0.2, 0) is 17.8 Å². The summed E-state index contributed by atoms with van der Waals surface area (Å²) in [4.78, 5) is 25.2. The molecule has 0 bridgehead atoms. The lowest BCUT2D eigenvalue weighted by Crippen LogP contribution is -2.38. The lowest BCUT2D eigenvalue weighted by molar-refractivity contribution is 0.0365. The summed E-state index contributed by atoms with van der Waals surface area (Å²) >= 11 is 11.9. The molecule has 28 heavy (non-hydrogen) atoms. The molecule has 8 nitrogen and oxygen atoms in total. The molecule has 1 fully saturated rings. The van der Waals surface area contributed by atoms with E-state index in [1.807, 2.05) is 0 Å². The van der Waals surface area contributed by atoms with Gasteiger partial charge in [-0.15, -0.1) is 0 Å². The van der Waals surface area contributed by atoms with Crippen molar-refractivity contribution >= 4 is 40.3 Å². The Labute approximate surface area is 177 Å². The molecule has 0 saturated carbocycles. The third kappa shape index (κ3) is 4.30. The molecule has 0 radical (unpaired) electrons. The summed E-state index contributed by atoms with van der Waals surface area (Å²) in [7, 11) is 0. The highest BCUT2D eigenvalue weighted by atomic mass is 35.5. The molecular formula is C18H20Cl2N6O2. The molecule has 3 heterocycles. The van der Waals surface area contributed by atoms with E-state index >= 15 is 0 Å². The normalized spacial score (nSPS) is 20.9. The summed E-state index contributed by atoms with van der Waals surface area (Å²) in [5.74, 6) is 0.247. The van der Waals surface area contributed by atoms with E-state index < -0.39 is 18.6 Å². The number of anilines is 1. The first-order chi connectivity index (χ1) is 15.1. The number of aromatic amines is 1. The van der Waals surface area contributed by atoms with E-state index in [9.17, 15) is 4.79 Å². The van der Waals surface area contributed by atoms with Gasteiger partial charge in [0.15, 0.2) is 11.2 Å². The number of halogens is 2. The quantitative estimate of drug-likeness (QED) is 0.628. The number of morpholine rings is 1. The molecule has 3 aromatic rings. The van der Waals surface area contributed by atoms with Gasteiger partial charge in [-0.1, -0.05) is 29.3 Å². The molecule has 1 aromatic carbocycles. The second-order valence-electron chi connectivity index (χ2n) is 6.18. The van der Waals surface area contributed by atoms with Crippen molar-refractivity contribution in [3.63, 3.8) is 0 Å². The smallest absolute Gasteiger partial charge is 0.278 e. The molecular weight excluding hydrogens is 403 g/mol. The van der Waals surface area contributed by atoms with Gasteiger partial charge in [0.25, 0.3) is 5.56 Å². The Morgan fingerprint density at radius 2 is 2.21 bits per heavy atom. The molecule has 1 saturated heterocycles. The molecule has 0 aliphatic carbocycles. The number of nitrogens with zero attached hydrogens (tertiary/aromatic N) is 4. The zero-order valence-electron chi connectivity index (χ0n) is 18.7. The summed E-state index contributed by atoms with van der Waals surface area (Å²) in [6.07, 6.45) is 1.46. The summed E-state index contributed by atoms with van der Waals surface area (Å²) in [6.45, 7) is -3.65. The topological polar surface area (TPSA) is 88.1 Å². The van der Waals surface area contributed by atoms with Gasteiger partial charge in [0.05, 0.1) is 32.3 Å². The van der Waals surface area contributed by atoms with Crippen LogP contribution in [0, 0.1) is 0 Å². The van der Waals surface area contributed by atoms with Crippen LogP contribution in [0.5, 0.6) is 0 Å². The highest BCUT2D eigenvalue weighted by Crippen LogP contribution is 2.22. The maximum absolute atomic E-state index is 12.7. The molecule has 0 amide bonds. The van der Waals surface area contributed by atoms with E-state index in [1.54, 1.807) is 22.8 Å². The van der Waals surface area contributed by atoms with Gasteiger partial charge in [-0.05, 0) is 17.7 Å². The summed E-state index contributed by atoms with van der Waals surface area (Å²) in [5.41, 5.74) is 0.949. The molecule has 2 aromatic heterocycles. The van der Waals surface area contributed by atoms with E-state index in [1.165, 1.54) is 11.2 Å². The molecule has 4 rings (SSSR count). The number of benzene rings is 1. The fraction of sp³-hybridized carbons (Fsp3) is 0.389. The lowest BCUT2D eigenvalue weighted by Gasteiger charge is -2.26. The van der Waals surface area contributed by atoms with E-state index in [2.05, 4.69) is 20.3 Å². The third-order valence-corrected chi connectivity index (χ3v) is 5.02. The van der Waals surface area contributed by atoms with Gasteiger partial charge in [0, 0.05) is 35.4 Å². The Bertz CT molecular complexity index is 1200. The molecule has 1 aliphatic rings. The van der Waals surface area contributed by atoms with Crippen molar-refractivity contribution in [2.45, 2.75) is 13.1 Å². The van der Waals surface area contributed by atoms with Crippen molar-refractivity contribution in [2.75, 3.05) is 38.1 Å². The Hall–Kier alpha value is -2.13. The Morgan fingerprint density at radius 1 is 1.32 bits per heavy atom. The van der Waals surface area contributed by atoms with Gasteiger partial charge >= 0.3 is 0 Å². The monoisotopic (exact) mass is 426 g/mol. The van der Waals surface area contributed by atoms with Gasteiger partial charge < -0.3 is 14.6 Å². The second kappa shape index (κ2) is 8.48. The van der Waals surface area contributed by atoms with Crippen molar-refractivity contribution in [3.8, 4) is 0 Å². The van der Waals surface area contributed by atoms with Crippen LogP contribution in [0.25, 0.3) is 11.2 Å². The Balaban J connectivity index is 1.48. The summed E-state index contributed by atoms with van der Waals surface area (Å²) < 4.78 is 38.1. The van der Waals surface area contributed by atoms with Crippen LogP contribution in [0.4, 0.5) is 5.95 Å². The highest BCUT2D eigenvalue weighted by Gasteiger charge is 2.14. The third-order valence-electron chi connectivity index (χ3n) is 4.28. The van der Waals surface area contributed by atoms with Crippen LogP contribution < -0.4 is 10.9 Å². The van der Waals surface area contributed by atoms with Crippen LogP contribution >= 0.6 is 23.2 Å². The van der Waals surface area contributed by atoms with Gasteiger partial charge in [-0.3, -0.25) is 14.7 Å². The van der Waals surface area contributed by atoms with Crippen LogP contribution in [0.2, 0.25) is 10.0 Å². The molecule has 10 heteroatoms. The Morgan fingerprint density at radius 3 is 3.07 bits per heavy atom. The zero-order chi connectivity index (χ0) is 23.1. The molecule has 0 atom stereocenters. The number of fused-ring (bicyclic) bond motifs is 1. The van der Waals surface area contributed by atoms with E-state index in [-0.39, 0.29) is 43.4 Å². The number of rotatable bonds is 6. The van der Waals surface area contributed by atoms with Crippen molar-refractivity contribution in [3.05, 3.63) is 50.5 Å². The largest absolute Gasteiger partial charge is 0.379 e. The van der Waals surface area contributed by atoms with Crippen molar-refractivity contribution in [2.24, 2.45) is 0 Å². The van der Waals surface area contributed by atoms with E-state index in [0.29, 0.717) is 16.6 Å². The Kier molecular flexibility index (Phi) is 4.49. The van der Waals surface area contributed by atoms with Gasteiger partial charge in [-0.2, -0.15) is 4.98 Å². The summed E-state index contributed by atoms with van der Waals surface area (Å²) in [6, 6.07) is 5.21. The SMILES string of the molecule is [2H]C1([2H])OCCN(CCn2cnc3nc(NCc4ccc(Cl)c(Cl)c4)[nH]c(=O)c32)C1([2H])[2H]. The fourth-order valence-corrected chi connectivity index (χ4v) is 3.15. The second-order valence-corrected chi connectivity index (χ2v) is 6.99. The van der Waals surface area contributed by atoms with E-state index in [4.69, 9.17) is 33.4 Å².